The first-order valence-electron chi connectivity index (χ1n) is 6.48. The van der Waals surface area contributed by atoms with Gasteiger partial charge in [-0.3, -0.25) is 0 Å². The molecule has 112 valence electrons. The van der Waals surface area contributed by atoms with Crippen molar-refractivity contribution in [3.8, 4) is 5.75 Å². The van der Waals surface area contributed by atoms with Gasteiger partial charge in [-0.1, -0.05) is 41.4 Å². The van der Waals surface area contributed by atoms with Crippen molar-refractivity contribution in [2.45, 2.75) is 13.2 Å². The van der Waals surface area contributed by atoms with Gasteiger partial charge in [-0.15, -0.1) is 0 Å². The van der Waals surface area contributed by atoms with Gasteiger partial charge in [-0.25, -0.2) is 4.39 Å². The van der Waals surface area contributed by atoms with Crippen LogP contribution in [0.25, 0.3) is 0 Å². The molecule has 2 aromatic carbocycles. The van der Waals surface area contributed by atoms with Crippen LogP contribution in [-0.2, 0) is 18.0 Å². The first-order valence-corrected chi connectivity index (χ1v) is 7.24. The Morgan fingerprint density at radius 2 is 1.71 bits per heavy atom. The lowest BCUT2D eigenvalue weighted by Crippen LogP contribution is -1.99. The molecule has 0 aliphatic heterocycles. The molecule has 2 nitrogen and oxygen atoms in total. The molecule has 0 spiro atoms. The van der Waals surface area contributed by atoms with Crippen molar-refractivity contribution < 1.29 is 13.9 Å². The van der Waals surface area contributed by atoms with E-state index in [1.807, 2.05) is 18.2 Å². The lowest BCUT2D eigenvalue weighted by molar-refractivity contribution is 0.107. The Labute approximate surface area is 133 Å². The van der Waals surface area contributed by atoms with Crippen LogP contribution in [0.5, 0.6) is 5.75 Å². The SMILES string of the molecule is FCCOc1ccc(COCc2ccc(Cl)cc2Cl)cc1. The summed E-state index contributed by atoms with van der Waals surface area (Å²) >= 11 is 11.9. The smallest absolute Gasteiger partial charge is 0.123 e. The average molecular weight is 329 g/mol. The second kappa shape index (κ2) is 8.23. The van der Waals surface area contributed by atoms with E-state index in [0.717, 1.165) is 11.1 Å². The second-order valence-corrected chi connectivity index (χ2v) is 5.25. The van der Waals surface area contributed by atoms with Gasteiger partial charge in [0.05, 0.1) is 13.2 Å². The summed E-state index contributed by atoms with van der Waals surface area (Å²) in [4.78, 5) is 0. The van der Waals surface area contributed by atoms with Gasteiger partial charge in [0.2, 0.25) is 0 Å². The van der Waals surface area contributed by atoms with Crippen molar-refractivity contribution >= 4 is 23.2 Å². The first kappa shape index (κ1) is 16.1. The Hall–Kier alpha value is -1.29. The number of alkyl halides is 1. The molecule has 5 heteroatoms. The maximum absolute atomic E-state index is 12.0. The average Bonchev–Trinajstić information content (AvgIpc) is 2.48. The van der Waals surface area contributed by atoms with Gasteiger partial charge in [0, 0.05) is 10.0 Å². The fourth-order valence-corrected chi connectivity index (χ4v) is 2.22. The summed E-state index contributed by atoms with van der Waals surface area (Å²) in [6.07, 6.45) is 0. The minimum atomic E-state index is -0.493. The standard InChI is InChI=1S/C16H15Cl2FO2/c17-14-4-3-13(16(18)9-14)11-20-10-12-1-5-15(6-2-12)21-8-7-19/h1-6,9H,7-8,10-11H2. The maximum atomic E-state index is 12.0. The van der Waals surface area contributed by atoms with Crippen LogP contribution in [0.4, 0.5) is 4.39 Å². The Kier molecular flexibility index (Phi) is 6.30. The van der Waals surface area contributed by atoms with Gasteiger partial charge < -0.3 is 9.47 Å². The third kappa shape index (κ3) is 5.20. The third-order valence-electron chi connectivity index (χ3n) is 2.81. The van der Waals surface area contributed by atoms with E-state index < -0.39 is 6.67 Å². The number of benzene rings is 2. The van der Waals surface area contributed by atoms with Crippen LogP contribution in [-0.4, -0.2) is 13.3 Å². The van der Waals surface area contributed by atoms with Gasteiger partial charge in [-0.2, -0.15) is 0 Å². The third-order valence-corrected chi connectivity index (χ3v) is 3.40. The molecule has 2 rings (SSSR count). The summed E-state index contributed by atoms with van der Waals surface area (Å²) in [5, 5.41) is 1.20. The molecular formula is C16H15Cl2FO2. The van der Waals surface area contributed by atoms with Crippen LogP contribution in [0.1, 0.15) is 11.1 Å². The van der Waals surface area contributed by atoms with E-state index in [4.69, 9.17) is 32.7 Å². The Bertz CT molecular complexity index is 573. The zero-order valence-corrected chi connectivity index (χ0v) is 12.8. The van der Waals surface area contributed by atoms with Crippen molar-refractivity contribution in [3.05, 3.63) is 63.6 Å². The molecule has 21 heavy (non-hydrogen) atoms. The molecule has 0 saturated carbocycles. The van der Waals surface area contributed by atoms with E-state index in [1.54, 1.807) is 24.3 Å². The summed E-state index contributed by atoms with van der Waals surface area (Å²) in [5.41, 5.74) is 1.90. The van der Waals surface area contributed by atoms with Crippen molar-refractivity contribution in [1.29, 1.82) is 0 Å². The van der Waals surface area contributed by atoms with Crippen LogP contribution < -0.4 is 4.74 Å². The minimum Gasteiger partial charge on any atom is -0.491 e. The molecule has 0 fully saturated rings. The van der Waals surface area contributed by atoms with Crippen LogP contribution in [0.2, 0.25) is 10.0 Å². The van der Waals surface area contributed by atoms with Gasteiger partial charge in [0.1, 0.15) is 19.0 Å². The van der Waals surface area contributed by atoms with Gasteiger partial charge in [0.15, 0.2) is 0 Å². The highest BCUT2D eigenvalue weighted by Gasteiger charge is 2.02. The second-order valence-electron chi connectivity index (χ2n) is 4.41. The quantitative estimate of drug-likeness (QED) is 0.707. The van der Waals surface area contributed by atoms with E-state index in [0.29, 0.717) is 29.0 Å². The van der Waals surface area contributed by atoms with E-state index in [9.17, 15) is 4.39 Å². The fraction of sp³-hybridized carbons (Fsp3) is 0.250. The highest BCUT2D eigenvalue weighted by atomic mass is 35.5. The first-order chi connectivity index (χ1) is 10.2. The van der Waals surface area contributed by atoms with Gasteiger partial charge in [0.25, 0.3) is 0 Å². The van der Waals surface area contributed by atoms with E-state index in [2.05, 4.69) is 0 Å². The van der Waals surface area contributed by atoms with E-state index >= 15 is 0 Å². The zero-order valence-electron chi connectivity index (χ0n) is 11.3. The molecule has 0 aliphatic rings. The largest absolute Gasteiger partial charge is 0.491 e. The molecule has 0 radical (unpaired) electrons. The van der Waals surface area contributed by atoms with Crippen LogP contribution in [0.15, 0.2) is 42.5 Å². The number of halogens is 3. The van der Waals surface area contributed by atoms with E-state index in [-0.39, 0.29) is 6.61 Å². The lowest BCUT2D eigenvalue weighted by atomic mass is 10.2. The van der Waals surface area contributed by atoms with Crippen molar-refractivity contribution in [3.63, 3.8) is 0 Å². The molecule has 0 unspecified atom stereocenters. The maximum Gasteiger partial charge on any atom is 0.123 e. The molecule has 0 amide bonds. The van der Waals surface area contributed by atoms with Crippen LogP contribution >= 0.6 is 23.2 Å². The number of hydrogen-bond acceptors (Lipinski definition) is 2. The Morgan fingerprint density at radius 1 is 0.952 bits per heavy atom. The number of ether oxygens (including phenoxy) is 2. The van der Waals surface area contributed by atoms with Crippen molar-refractivity contribution in [2.24, 2.45) is 0 Å². The summed E-state index contributed by atoms with van der Waals surface area (Å²) in [6.45, 7) is 0.454. The summed E-state index contributed by atoms with van der Waals surface area (Å²) < 4.78 is 22.8. The van der Waals surface area contributed by atoms with Crippen molar-refractivity contribution in [1.82, 2.24) is 0 Å². The molecule has 0 heterocycles. The molecule has 0 aliphatic carbocycles. The van der Waals surface area contributed by atoms with Gasteiger partial charge >= 0.3 is 0 Å². The zero-order chi connectivity index (χ0) is 15.1. The highest BCUT2D eigenvalue weighted by Crippen LogP contribution is 2.22. The van der Waals surface area contributed by atoms with E-state index in [1.165, 1.54) is 0 Å². The summed E-state index contributed by atoms with van der Waals surface area (Å²) in [6, 6.07) is 12.7. The molecule has 0 bridgehead atoms. The summed E-state index contributed by atoms with van der Waals surface area (Å²) in [5.74, 6) is 0.650. The van der Waals surface area contributed by atoms with Crippen LogP contribution in [0, 0.1) is 0 Å². The molecule has 0 aromatic heterocycles. The molecule has 0 atom stereocenters. The van der Waals surface area contributed by atoms with Crippen molar-refractivity contribution in [2.75, 3.05) is 13.3 Å². The Morgan fingerprint density at radius 3 is 2.38 bits per heavy atom. The molecule has 2 aromatic rings. The van der Waals surface area contributed by atoms with Crippen LogP contribution in [0.3, 0.4) is 0 Å². The number of rotatable bonds is 7. The molecule has 0 saturated heterocycles. The predicted octanol–water partition coefficient (Wildman–Crippen LogP) is 5.06. The monoisotopic (exact) mass is 328 g/mol. The normalized spacial score (nSPS) is 10.6. The molecule has 0 N–H and O–H groups in total. The Balaban J connectivity index is 1.82. The summed E-state index contributed by atoms with van der Waals surface area (Å²) in [7, 11) is 0. The minimum absolute atomic E-state index is 0.0743. The highest BCUT2D eigenvalue weighted by molar-refractivity contribution is 6.35. The molecular weight excluding hydrogens is 314 g/mol. The topological polar surface area (TPSA) is 18.5 Å². The fourth-order valence-electron chi connectivity index (χ4n) is 1.76. The number of hydrogen-bond donors (Lipinski definition) is 0. The lowest BCUT2D eigenvalue weighted by Gasteiger charge is -2.08. The van der Waals surface area contributed by atoms with Gasteiger partial charge in [-0.05, 0) is 35.4 Å². The predicted molar refractivity (Wildman–Crippen MR) is 82.9 cm³/mol.